The van der Waals surface area contributed by atoms with Crippen molar-refractivity contribution in [3.63, 3.8) is 0 Å². The lowest BCUT2D eigenvalue weighted by molar-refractivity contribution is 0.153. The van der Waals surface area contributed by atoms with Gasteiger partial charge < -0.3 is 14.6 Å². The monoisotopic (exact) mass is 238 g/mol. The van der Waals surface area contributed by atoms with Crippen LogP contribution in [0.4, 0.5) is 0 Å². The predicted molar refractivity (Wildman–Crippen MR) is 66.8 cm³/mol. The quantitative estimate of drug-likeness (QED) is 0.725. The Labute approximate surface area is 103 Å². The number of nitrogens with one attached hydrogen (secondary N) is 1. The van der Waals surface area contributed by atoms with Crippen LogP contribution in [0, 0.1) is 0 Å². The van der Waals surface area contributed by atoms with Crippen LogP contribution in [-0.2, 0) is 17.8 Å². The molecule has 5 heteroatoms. The van der Waals surface area contributed by atoms with E-state index in [2.05, 4.69) is 32.9 Å². The van der Waals surface area contributed by atoms with E-state index in [1.807, 2.05) is 6.20 Å². The average molecular weight is 238 g/mol. The summed E-state index contributed by atoms with van der Waals surface area (Å²) in [5.74, 6) is 1.18. The van der Waals surface area contributed by atoms with Crippen LogP contribution in [0.5, 0.6) is 0 Å². The molecule has 0 spiro atoms. The van der Waals surface area contributed by atoms with E-state index >= 15 is 0 Å². The minimum Gasteiger partial charge on any atom is -0.383 e. The molecule has 2 rings (SSSR count). The molecule has 1 unspecified atom stereocenters. The smallest absolute Gasteiger partial charge is 0.122 e. The lowest BCUT2D eigenvalue weighted by Gasteiger charge is -2.32. The van der Waals surface area contributed by atoms with Gasteiger partial charge >= 0.3 is 0 Å². The Morgan fingerprint density at radius 2 is 2.41 bits per heavy atom. The minimum atomic E-state index is 0.539. The second kappa shape index (κ2) is 6.14. The second-order valence-electron chi connectivity index (χ2n) is 4.55. The number of hydrogen-bond donors (Lipinski definition) is 1. The van der Waals surface area contributed by atoms with E-state index in [4.69, 9.17) is 4.74 Å². The first-order valence-corrected chi connectivity index (χ1v) is 6.25. The van der Waals surface area contributed by atoms with Crippen molar-refractivity contribution in [3.8, 4) is 0 Å². The van der Waals surface area contributed by atoms with E-state index < -0.39 is 0 Å². The molecule has 1 N–H and O–H groups in total. The standard InChI is InChI=1S/C12H22N4O/c1-11(9-13-4-8-17-2)16-7-6-15-5-3-14-12(15)10-16/h3,5,11,13H,4,6-10H2,1-2H3. The van der Waals surface area contributed by atoms with E-state index in [9.17, 15) is 0 Å². The van der Waals surface area contributed by atoms with Crippen LogP contribution in [0.1, 0.15) is 12.7 Å². The van der Waals surface area contributed by atoms with Gasteiger partial charge in [-0.25, -0.2) is 4.98 Å². The summed E-state index contributed by atoms with van der Waals surface area (Å²) in [6, 6.07) is 0.539. The highest BCUT2D eigenvalue weighted by atomic mass is 16.5. The van der Waals surface area contributed by atoms with Gasteiger partial charge in [0.05, 0.1) is 13.2 Å². The summed E-state index contributed by atoms with van der Waals surface area (Å²) in [5, 5.41) is 3.41. The molecule has 1 atom stereocenters. The Morgan fingerprint density at radius 1 is 1.53 bits per heavy atom. The Bertz CT molecular complexity index is 339. The van der Waals surface area contributed by atoms with E-state index in [0.29, 0.717) is 6.04 Å². The third-order valence-corrected chi connectivity index (χ3v) is 3.32. The van der Waals surface area contributed by atoms with Crippen molar-refractivity contribution in [3.05, 3.63) is 18.2 Å². The van der Waals surface area contributed by atoms with E-state index in [0.717, 1.165) is 39.3 Å². The summed E-state index contributed by atoms with van der Waals surface area (Å²) in [4.78, 5) is 6.85. The highest BCUT2D eigenvalue weighted by molar-refractivity contribution is 4.96. The van der Waals surface area contributed by atoms with Crippen molar-refractivity contribution >= 4 is 0 Å². The molecule has 17 heavy (non-hydrogen) atoms. The zero-order valence-corrected chi connectivity index (χ0v) is 10.7. The number of hydrogen-bond acceptors (Lipinski definition) is 4. The molecular formula is C12H22N4O. The van der Waals surface area contributed by atoms with Gasteiger partial charge in [0.2, 0.25) is 0 Å². The third kappa shape index (κ3) is 3.28. The first kappa shape index (κ1) is 12.5. The summed E-state index contributed by atoms with van der Waals surface area (Å²) < 4.78 is 7.25. The van der Waals surface area contributed by atoms with Gasteiger partial charge in [-0.3, -0.25) is 4.90 Å². The highest BCUT2D eigenvalue weighted by Gasteiger charge is 2.20. The molecule has 0 radical (unpaired) electrons. The average Bonchev–Trinajstić information content (AvgIpc) is 2.81. The SMILES string of the molecule is COCCNCC(C)N1CCn2ccnc2C1. The molecule has 2 heterocycles. The normalized spacial score (nSPS) is 18.0. The lowest BCUT2D eigenvalue weighted by atomic mass is 10.2. The molecule has 0 saturated carbocycles. The van der Waals surface area contributed by atoms with Crippen LogP contribution in [0.15, 0.2) is 12.4 Å². The van der Waals surface area contributed by atoms with Gasteiger partial charge in [0, 0.05) is 51.7 Å². The fourth-order valence-electron chi connectivity index (χ4n) is 2.18. The Hall–Kier alpha value is -0.910. The molecule has 0 amide bonds. The topological polar surface area (TPSA) is 42.3 Å². The fourth-order valence-corrected chi connectivity index (χ4v) is 2.18. The molecule has 96 valence electrons. The number of nitrogens with zero attached hydrogens (tertiary/aromatic N) is 3. The lowest BCUT2D eigenvalue weighted by Crippen LogP contribution is -2.44. The van der Waals surface area contributed by atoms with Gasteiger partial charge in [-0.15, -0.1) is 0 Å². The van der Waals surface area contributed by atoms with Crippen molar-refractivity contribution in [1.29, 1.82) is 0 Å². The van der Waals surface area contributed by atoms with Crippen LogP contribution in [0.2, 0.25) is 0 Å². The van der Waals surface area contributed by atoms with E-state index in [1.54, 1.807) is 7.11 Å². The fraction of sp³-hybridized carbons (Fsp3) is 0.750. The zero-order valence-electron chi connectivity index (χ0n) is 10.7. The maximum absolute atomic E-state index is 5.02. The molecule has 0 saturated heterocycles. The molecule has 0 aliphatic carbocycles. The van der Waals surface area contributed by atoms with Crippen molar-refractivity contribution in [2.24, 2.45) is 0 Å². The van der Waals surface area contributed by atoms with Gasteiger partial charge in [-0.05, 0) is 6.92 Å². The summed E-state index contributed by atoms with van der Waals surface area (Å²) in [6.45, 7) is 8.08. The largest absolute Gasteiger partial charge is 0.383 e. The van der Waals surface area contributed by atoms with E-state index in [-0.39, 0.29) is 0 Å². The second-order valence-corrected chi connectivity index (χ2v) is 4.55. The van der Waals surface area contributed by atoms with Crippen LogP contribution in [-0.4, -0.2) is 53.8 Å². The van der Waals surface area contributed by atoms with E-state index in [1.165, 1.54) is 5.82 Å². The van der Waals surface area contributed by atoms with Crippen molar-refractivity contribution in [2.45, 2.75) is 26.1 Å². The van der Waals surface area contributed by atoms with Gasteiger partial charge in [0.25, 0.3) is 0 Å². The molecular weight excluding hydrogens is 216 g/mol. The molecule has 1 aliphatic rings. The number of fused-ring (bicyclic) bond motifs is 1. The number of rotatable bonds is 6. The highest BCUT2D eigenvalue weighted by Crippen LogP contribution is 2.12. The number of ether oxygens (including phenoxy) is 1. The molecule has 0 aromatic carbocycles. The zero-order chi connectivity index (χ0) is 12.1. The Kier molecular flexibility index (Phi) is 4.53. The van der Waals surface area contributed by atoms with Gasteiger partial charge in [-0.1, -0.05) is 0 Å². The molecule has 0 fully saturated rings. The predicted octanol–water partition coefficient (Wildman–Crippen LogP) is 0.323. The molecule has 1 aliphatic heterocycles. The van der Waals surface area contributed by atoms with Crippen LogP contribution in [0.3, 0.4) is 0 Å². The minimum absolute atomic E-state index is 0.539. The number of imidazole rings is 1. The van der Waals surface area contributed by atoms with Crippen LogP contribution >= 0.6 is 0 Å². The van der Waals surface area contributed by atoms with Gasteiger partial charge in [0.15, 0.2) is 0 Å². The maximum atomic E-state index is 5.02. The van der Waals surface area contributed by atoms with Crippen LogP contribution < -0.4 is 5.32 Å². The van der Waals surface area contributed by atoms with Crippen LogP contribution in [0.25, 0.3) is 0 Å². The number of methoxy groups -OCH3 is 1. The summed E-state index contributed by atoms with van der Waals surface area (Å²) in [5.41, 5.74) is 0. The first-order chi connectivity index (χ1) is 8.31. The van der Waals surface area contributed by atoms with Crippen molar-refractivity contribution in [2.75, 3.05) is 33.4 Å². The Balaban J connectivity index is 1.76. The Morgan fingerprint density at radius 3 is 3.24 bits per heavy atom. The third-order valence-electron chi connectivity index (χ3n) is 3.32. The molecule has 1 aromatic heterocycles. The van der Waals surface area contributed by atoms with Gasteiger partial charge in [0.1, 0.15) is 5.82 Å². The molecule has 0 bridgehead atoms. The maximum Gasteiger partial charge on any atom is 0.122 e. The summed E-state index contributed by atoms with van der Waals surface area (Å²) >= 11 is 0. The van der Waals surface area contributed by atoms with Crippen molar-refractivity contribution in [1.82, 2.24) is 19.8 Å². The first-order valence-electron chi connectivity index (χ1n) is 6.25. The summed E-state index contributed by atoms with van der Waals surface area (Å²) in [7, 11) is 1.73. The molecule has 1 aromatic rings. The molecule has 5 nitrogen and oxygen atoms in total. The van der Waals surface area contributed by atoms with Crippen molar-refractivity contribution < 1.29 is 4.74 Å². The number of aromatic nitrogens is 2. The summed E-state index contributed by atoms with van der Waals surface area (Å²) in [6.07, 6.45) is 3.95. The van der Waals surface area contributed by atoms with Gasteiger partial charge in [-0.2, -0.15) is 0 Å².